The van der Waals surface area contributed by atoms with Gasteiger partial charge in [-0.3, -0.25) is 0 Å². The first kappa shape index (κ1) is 15.4. The lowest BCUT2D eigenvalue weighted by molar-refractivity contribution is 0.133. The summed E-state index contributed by atoms with van der Waals surface area (Å²) in [6.07, 6.45) is 4.34. The van der Waals surface area contributed by atoms with E-state index < -0.39 is 0 Å². The van der Waals surface area contributed by atoms with Crippen molar-refractivity contribution in [2.24, 2.45) is 0 Å². The molecule has 4 heteroatoms. The molecule has 1 aromatic heterocycles. The van der Waals surface area contributed by atoms with Gasteiger partial charge < -0.3 is 14.6 Å². The molecule has 0 fully saturated rings. The highest BCUT2D eigenvalue weighted by atomic mass is 35.5. The van der Waals surface area contributed by atoms with Gasteiger partial charge in [-0.15, -0.1) is 0 Å². The van der Waals surface area contributed by atoms with Crippen LogP contribution < -0.4 is 5.32 Å². The van der Waals surface area contributed by atoms with E-state index in [2.05, 4.69) is 28.9 Å². The van der Waals surface area contributed by atoms with Crippen LogP contribution >= 0.6 is 11.6 Å². The Morgan fingerprint density at radius 1 is 1.20 bits per heavy atom. The fourth-order valence-electron chi connectivity index (χ4n) is 2.20. The maximum Gasteiger partial charge on any atom is 0.0661 e. The summed E-state index contributed by atoms with van der Waals surface area (Å²) in [6.45, 7) is 6.57. The Bertz CT molecular complexity index is 524. The van der Waals surface area contributed by atoms with Crippen LogP contribution in [0.15, 0.2) is 30.5 Å². The van der Waals surface area contributed by atoms with Crippen molar-refractivity contribution in [3.05, 3.63) is 35.5 Å². The molecule has 1 heterocycles. The minimum absolute atomic E-state index is 0.785. The van der Waals surface area contributed by atoms with E-state index in [-0.39, 0.29) is 0 Å². The van der Waals surface area contributed by atoms with Crippen LogP contribution in [0.5, 0.6) is 0 Å². The summed E-state index contributed by atoms with van der Waals surface area (Å²) in [5.74, 6) is 0. The molecule has 3 nitrogen and oxygen atoms in total. The lowest BCUT2D eigenvalue weighted by Gasteiger charge is -2.07. The Morgan fingerprint density at radius 2 is 2.05 bits per heavy atom. The summed E-state index contributed by atoms with van der Waals surface area (Å²) in [6, 6.07) is 8.23. The van der Waals surface area contributed by atoms with Crippen LogP contribution in [0.25, 0.3) is 10.9 Å². The number of halogens is 1. The van der Waals surface area contributed by atoms with Gasteiger partial charge in [-0.05, 0) is 12.5 Å². The van der Waals surface area contributed by atoms with E-state index in [0.29, 0.717) is 0 Å². The normalized spacial score (nSPS) is 11.3. The fraction of sp³-hybridized carbons (Fsp3) is 0.500. The molecule has 20 heavy (non-hydrogen) atoms. The molecule has 110 valence electrons. The van der Waals surface area contributed by atoms with Crippen LogP contribution in [-0.2, 0) is 11.3 Å². The smallest absolute Gasteiger partial charge is 0.0661 e. The van der Waals surface area contributed by atoms with E-state index in [0.717, 1.165) is 49.7 Å². The van der Waals surface area contributed by atoms with Crippen molar-refractivity contribution in [2.75, 3.05) is 26.3 Å². The van der Waals surface area contributed by atoms with Crippen LogP contribution in [0.3, 0.4) is 0 Å². The van der Waals surface area contributed by atoms with Gasteiger partial charge in [-0.1, -0.05) is 43.1 Å². The molecule has 0 aliphatic heterocycles. The second-order valence-corrected chi connectivity index (χ2v) is 5.31. The van der Waals surface area contributed by atoms with Gasteiger partial charge in [0, 0.05) is 43.3 Å². The van der Waals surface area contributed by atoms with Crippen molar-refractivity contribution in [1.82, 2.24) is 9.88 Å². The number of ether oxygens (including phenoxy) is 1. The third-order valence-corrected chi connectivity index (χ3v) is 3.64. The molecule has 0 bridgehead atoms. The van der Waals surface area contributed by atoms with Crippen molar-refractivity contribution >= 4 is 22.5 Å². The zero-order valence-corrected chi connectivity index (χ0v) is 12.8. The Balaban J connectivity index is 1.71. The largest absolute Gasteiger partial charge is 0.380 e. The van der Waals surface area contributed by atoms with Crippen LogP contribution in [0.4, 0.5) is 0 Å². The molecule has 0 atom stereocenters. The molecule has 0 amide bonds. The number of benzene rings is 1. The molecule has 0 spiro atoms. The minimum atomic E-state index is 0.785. The molecular weight excluding hydrogens is 272 g/mol. The van der Waals surface area contributed by atoms with Gasteiger partial charge in [0.15, 0.2) is 0 Å². The highest BCUT2D eigenvalue weighted by Crippen LogP contribution is 2.25. The molecule has 0 saturated carbocycles. The van der Waals surface area contributed by atoms with Crippen LogP contribution in [0, 0.1) is 0 Å². The number of unbranched alkanes of at least 4 members (excludes halogenated alkanes) is 1. The number of hydrogen-bond acceptors (Lipinski definition) is 2. The maximum atomic E-state index is 6.23. The molecule has 2 aromatic rings. The highest BCUT2D eigenvalue weighted by Gasteiger charge is 2.04. The van der Waals surface area contributed by atoms with Crippen LogP contribution in [-0.4, -0.2) is 30.9 Å². The van der Waals surface area contributed by atoms with Gasteiger partial charge in [-0.2, -0.15) is 0 Å². The molecule has 0 aliphatic carbocycles. The van der Waals surface area contributed by atoms with E-state index in [9.17, 15) is 0 Å². The first-order chi connectivity index (χ1) is 9.83. The topological polar surface area (TPSA) is 26.2 Å². The molecule has 1 aromatic carbocycles. The summed E-state index contributed by atoms with van der Waals surface area (Å²) in [5, 5.41) is 5.34. The molecule has 1 N–H and O–H groups in total. The second-order valence-electron chi connectivity index (χ2n) is 4.90. The van der Waals surface area contributed by atoms with Crippen LogP contribution in [0.1, 0.15) is 19.8 Å². The standard InChI is InChI=1S/C16H23ClN2O/c1-2-3-11-20-12-9-18-8-10-19-13-15(17)14-6-4-5-7-16(14)19/h4-7,13,18H,2-3,8-12H2,1H3. The summed E-state index contributed by atoms with van der Waals surface area (Å²) in [5.41, 5.74) is 1.19. The van der Waals surface area contributed by atoms with E-state index in [1.165, 1.54) is 11.9 Å². The summed E-state index contributed by atoms with van der Waals surface area (Å²) in [7, 11) is 0. The van der Waals surface area contributed by atoms with E-state index in [4.69, 9.17) is 16.3 Å². The molecule has 0 aliphatic rings. The maximum absolute atomic E-state index is 6.23. The molecular formula is C16H23ClN2O. The van der Waals surface area contributed by atoms with Gasteiger partial charge in [0.05, 0.1) is 11.6 Å². The number of para-hydroxylation sites is 1. The third kappa shape index (κ3) is 4.23. The Hall–Kier alpha value is -1.03. The summed E-state index contributed by atoms with van der Waals surface area (Å²) >= 11 is 6.23. The SMILES string of the molecule is CCCCOCCNCCn1cc(Cl)c2ccccc21. The van der Waals surface area contributed by atoms with Crippen LogP contribution in [0.2, 0.25) is 5.02 Å². The average molecular weight is 295 g/mol. The van der Waals surface area contributed by atoms with Gasteiger partial charge in [-0.25, -0.2) is 0 Å². The third-order valence-electron chi connectivity index (χ3n) is 3.33. The van der Waals surface area contributed by atoms with Gasteiger partial charge in [0.2, 0.25) is 0 Å². The van der Waals surface area contributed by atoms with Crippen molar-refractivity contribution in [2.45, 2.75) is 26.3 Å². The lowest BCUT2D eigenvalue weighted by atomic mass is 10.2. The monoisotopic (exact) mass is 294 g/mol. The van der Waals surface area contributed by atoms with E-state index in [1.54, 1.807) is 0 Å². The van der Waals surface area contributed by atoms with Gasteiger partial charge >= 0.3 is 0 Å². The number of aromatic nitrogens is 1. The predicted molar refractivity (Wildman–Crippen MR) is 85.5 cm³/mol. The zero-order valence-electron chi connectivity index (χ0n) is 12.1. The predicted octanol–water partition coefficient (Wildman–Crippen LogP) is 3.70. The van der Waals surface area contributed by atoms with E-state index >= 15 is 0 Å². The van der Waals surface area contributed by atoms with Crippen molar-refractivity contribution in [1.29, 1.82) is 0 Å². The summed E-state index contributed by atoms with van der Waals surface area (Å²) in [4.78, 5) is 0. The molecule has 0 unspecified atom stereocenters. The molecule has 2 rings (SSSR count). The molecule has 0 saturated heterocycles. The number of hydrogen-bond donors (Lipinski definition) is 1. The Kier molecular flexibility index (Phi) is 6.37. The zero-order chi connectivity index (χ0) is 14.2. The number of nitrogens with zero attached hydrogens (tertiary/aromatic N) is 1. The summed E-state index contributed by atoms with van der Waals surface area (Å²) < 4.78 is 7.71. The average Bonchev–Trinajstić information content (AvgIpc) is 2.79. The van der Waals surface area contributed by atoms with Crippen molar-refractivity contribution in [3.8, 4) is 0 Å². The number of rotatable bonds is 9. The Labute approximate surface area is 125 Å². The molecule has 0 radical (unpaired) electrons. The van der Waals surface area contributed by atoms with E-state index in [1.807, 2.05) is 18.3 Å². The van der Waals surface area contributed by atoms with Gasteiger partial charge in [0.25, 0.3) is 0 Å². The van der Waals surface area contributed by atoms with Gasteiger partial charge in [0.1, 0.15) is 0 Å². The van der Waals surface area contributed by atoms with Crippen molar-refractivity contribution < 1.29 is 4.74 Å². The first-order valence-electron chi connectivity index (χ1n) is 7.34. The highest BCUT2D eigenvalue weighted by molar-refractivity contribution is 6.35. The number of nitrogens with one attached hydrogen (secondary N) is 1. The number of fused-ring (bicyclic) bond motifs is 1. The quantitative estimate of drug-likeness (QED) is 0.714. The lowest BCUT2D eigenvalue weighted by Crippen LogP contribution is -2.24. The fourth-order valence-corrected chi connectivity index (χ4v) is 2.48. The van der Waals surface area contributed by atoms with Crippen molar-refractivity contribution in [3.63, 3.8) is 0 Å². The first-order valence-corrected chi connectivity index (χ1v) is 7.72. The second kappa shape index (κ2) is 8.30. The minimum Gasteiger partial charge on any atom is -0.380 e. The Morgan fingerprint density at radius 3 is 2.90 bits per heavy atom.